The second-order valence-electron chi connectivity index (χ2n) is 8.08. The van der Waals surface area contributed by atoms with E-state index in [2.05, 4.69) is 88.3 Å². The average Bonchev–Trinajstić information content (AvgIpc) is 3.41. The van der Waals surface area contributed by atoms with Gasteiger partial charge in [-0.25, -0.2) is 4.79 Å². The highest BCUT2D eigenvalue weighted by atomic mass is 16.5. The van der Waals surface area contributed by atoms with Crippen molar-refractivity contribution in [1.29, 1.82) is 0 Å². The highest BCUT2D eigenvalue weighted by Crippen LogP contribution is 2.43. The van der Waals surface area contributed by atoms with Crippen LogP contribution in [0.1, 0.15) is 58.6 Å². The monoisotopic (exact) mass is 415 g/mol. The van der Waals surface area contributed by atoms with Gasteiger partial charge >= 0.3 is 5.97 Å². The fraction of sp³-hybridized carbons (Fsp3) is 0.308. The zero-order chi connectivity index (χ0) is 21.8. The minimum absolute atomic E-state index is 0.159. The zero-order valence-corrected chi connectivity index (χ0v) is 18.3. The number of nitrogens with zero attached hydrogens (tertiary/aromatic N) is 2. The normalized spacial score (nSPS) is 17.8. The molecule has 5 heteroatoms. The molecule has 1 N–H and O–H groups in total. The van der Waals surface area contributed by atoms with Crippen molar-refractivity contribution in [2.45, 2.75) is 38.8 Å². The first-order valence-corrected chi connectivity index (χ1v) is 10.8. The summed E-state index contributed by atoms with van der Waals surface area (Å²) in [6.45, 7) is 5.24. The van der Waals surface area contributed by atoms with E-state index in [-0.39, 0.29) is 12.0 Å². The van der Waals surface area contributed by atoms with E-state index in [1.165, 1.54) is 29.9 Å². The van der Waals surface area contributed by atoms with Crippen LogP contribution in [0.5, 0.6) is 0 Å². The van der Waals surface area contributed by atoms with Gasteiger partial charge in [-0.3, -0.25) is 10.00 Å². The van der Waals surface area contributed by atoms with Gasteiger partial charge in [0.25, 0.3) is 0 Å². The molecule has 160 valence electrons. The minimum Gasteiger partial charge on any atom is -0.466 e. The number of likely N-dealkylation sites (tertiary alicyclic amines) is 1. The van der Waals surface area contributed by atoms with Crippen molar-refractivity contribution in [1.82, 2.24) is 15.1 Å². The first-order chi connectivity index (χ1) is 15.1. The van der Waals surface area contributed by atoms with Crippen LogP contribution in [0, 0.1) is 13.8 Å². The van der Waals surface area contributed by atoms with Gasteiger partial charge < -0.3 is 4.74 Å². The van der Waals surface area contributed by atoms with Crippen LogP contribution < -0.4 is 0 Å². The second-order valence-corrected chi connectivity index (χ2v) is 8.08. The molecule has 1 aliphatic heterocycles. The lowest BCUT2D eigenvalue weighted by molar-refractivity contribution is -0.134. The third kappa shape index (κ3) is 4.47. The van der Waals surface area contributed by atoms with Gasteiger partial charge in [0.2, 0.25) is 0 Å². The molecule has 4 rings (SSSR count). The van der Waals surface area contributed by atoms with E-state index in [4.69, 9.17) is 0 Å². The van der Waals surface area contributed by atoms with Gasteiger partial charge in [-0.2, -0.15) is 5.10 Å². The number of esters is 1. The van der Waals surface area contributed by atoms with E-state index >= 15 is 0 Å². The third-order valence-corrected chi connectivity index (χ3v) is 6.13. The van der Waals surface area contributed by atoms with Crippen LogP contribution in [0.2, 0.25) is 0 Å². The maximum Gasteiger partial charge on any atom is 0.330 e. The quantitative estimate of drug-likeness (QED) is 0.447. The lowest BCUT2D eigenvalue weighted by atomic mass is 9.93. The van der Waals surface area contributed by atoms with Gasteiger partial charge in [0.1, 0.15) is 0 Å². The molecule has 0 amide bonds. The number of carbonyl (C=O) groups is 1. The number of nitrogens with one attached hydrogen (secondary N) is 1. The molecule has 1 aromatic heterocycles. The molecular formula is C26H29N3O2. The van der Waals surface area contributed by atoms with Crippen LogP contribution in [-0.4, -0.2) is 34.7 Å². The van der Waals surface area contributed by atoms with Crippen molar-refractivity contribution in [2.24, 2.45) is 0 Å². The van der Waals surface area contributed by atoms with Gasteiger partial charge in [0.05, 0.1) is 18.8 Å². The summed E-state index contributed by atoms with van der Waals surface area (Å²) in [4.78, 5) is 14.0. The van der Waals surface area contributed by atoms with E-state index in [0.29, 0.717) is 6.04 Å². The molecule has 1 fully saturated rings. The highest BCUT2D eigenvalue weighted by molar-refractivity contribution is 5.86. The summed E-state index contributed by atoms with van der Waals surface area (Å²) in [5, 5.41) is 7.67. The van der Waals surface area contributed by atoms with E-state index in [1.54, 1.807) is 6.08 Å². The smallest absolute Gasteiger partial charge is 0.330 e. The number of hydrogen-bond acceptors (Lipinski definition) is 4. The molecule has 2 aromatic carbocycles. The van der Waals surface area contributed by atoms with E-state index < -0.39 is 0 Å². The predicted molar refractivity (Wildman–Crippen MR) is 123 cm³/mol. The number of aromatic nitrogens is 2. The molecular weight excluding hydrogens is 386 g/mol. The van der Waals surface area contributed by atoms with Crippen LogP contribution in [0.25, 0.3) is 6.08 Å². The Morgan fingerprint density at radius 3 is 2.55 bits per heavy atom. The third-order valence-electron chi connectivity index (χ3n) is 6.13. The fourth-order valence-electron chi connectivity index (χ4n) is 4.64. The summed E-state index contributed by atoms with van der Waals surface area (Å²) in [6, 6.07) is 19.7. The Kier molecular flexibility index (Phi) is 6.33. The molecule has 0 radical (unpaired) electrons. The average molecular weight is 416 g/mol. The molecule has 0 saturated carbocycles. The molecule has 0 bridgehead atoms. The molecule has 1 aliphatic rings. The summed E-state index contributed by atoms with van der Waals surface area (Å²) < 4.78 is 4.67. The van der Waals surface area contributed by atoms with Crippen LogP contribution >= 0.6 is 0 Å². The Morgan fingerprint density at radius 2 is 1.90 bits per heavy atom. The molecule has 2 heterocycles. The number of carbonyl (C=O) groups excluding carboxylic acids is 1. The van der Waals surface area contributed by atoms with Crippen LogP contribution in [0.3, 0.4) is 0 Å². The largest absolute Gasteiger partial charge is 0.466 e. The van der Waals surface area contributed by atoms with Crippen molar-refractivity contribution < 1.29 is 9.53 Å². The fourth-order valence-corrected chi connectivity index (χ4v) is 4.64. The van der Waals surface area contributed by atoms with E-state index in [0.717, 1.165) is 36.3 Å². The van der Waals surface area contributed by atoms with Crippen molar-refractivity contribution in [2.75, 3.05) is 13.7 Å². The highest BCUT2D eigenvalue weighted by Gasteiger charge is 2.35. The van der Waals surface area contributed by atoms with Crippen LogP contribution in [-0.2, 0) is 9.53 Å². The number of methoxy groups -OCH3 is 1. The molecule has 31 heavy (non-hydrogen) atoms. The Labute approximate surface area is 183 Å². The van der Waals surface area contributed by atoms with Gasteiger partial charge in [0, 0.05) is 23.4 Å². The van der Waals surface area contributed by atoms with Gasteiger partial charge in [-0.15, -0.1) is 0 Å². The number of ether oxygens (including phenoxy) is 1. The maximum atomic E-state index is 11.4. The molecule has 0 spiro atoms. The number of H-pyrrole nitrogens is 1. The topological polar surface area (TPSA) is 58.2 Å². The first-order valence-electron chi connectivity index (χ1n) is 10.8. The van der Waals surface area contributed by atoms with Gasteiger partial charge in [0.15, 0.2) is 0 Å². The van der Waals surface area contributed by atoms with Gasteiger partial charge in [-0.05, 0) is 56.0 Å². The Balaban J connectivity index is 1.67. The lowest BCUT2D eigenvalue weighted by Gasteiger charge is -2.34. The van der Waals surface area contributed by atoms with Gasteiger partial charge in [-0.1, -0.05) is 54.6 Å². The predicted octanol–water partition coefficient (Wildman–Crippen LogP) is 5.14. The van der Waals surface area contributed by atoms with Crippen LogP contribution in [0.4, 0.5) is 0 Å². The standard InChI is InChI=1S/C26H29N3O2/c1-18-25(19(2)28-27-18)26(22-8-5-4-6-9-22)29-17-7-10-23(29)21-14-11-20(12-15-21)13-16-24(30)31-3/h4-6,8-9,11-16,23,26H,7,10,17H2,1-3H3,(H,27,28)/b16-13+/t23?,26-/m0/s1. The number of benzene rings is 2. The van der Waals surface area contributed by atoms with Crippen molar-refractivity contribution >= 4 is 12.0 Å². The number of aromatic amines is 1. The number of rotatable bonds is 6. The SMILES string of the molecule is COC(=O)/C=C/c1ccc(C2CCCN2[C@@H](c2ccccc2)c2c(C)n[nH]c2C)cc1. The van der Waals surface area contributed by atoms with Crippen molar-refractivity contribution in [3.63, 3.8) is 0 Å². The first kappa shape index (κ1) is 21.1. The second kappa shape index (κ2) is 9.31. The number of aryl methyl sites for hydroxylation is 2. The maximum absolute atomic E-state index is 11.4. The molecule has 5 nitrogen and oxygen atoms in total. The van der Waals surface area contributed by atoms with Crippen LogP contribution in [0.15, 0.2) is 60.7 Å². The Bertz CT molecular complexity index is 1030. The summed E-state index contributed by atoms with van der Waals surface area (Å²) in [7, 11) is 1.39. The van der Waals surface area contributed by atoms with E-state index in [1.807, 2.05) is 0 Å². The summed E-state index contributed by atoms with van der Waals surface area (Å²) in [6.07, 6.45) is 5.52. The number of hydrogen-bond donors (Lipinski definition) is 1. The Morgan fingerprint density at radius 1 is 1.16 bits per heavy atom. The minimum atomic E-state index is -0.345. The van der Waals surface area contributed by atoms with Crippen molar-refractivity contribution in [3.8, 4) is 0 Å². The molecule has 3 aromatic rings. The summed E-state index contributed by atoms with van der Waals surface area (Å²) in [5.74, 6) is -0.345. The summed E-state index contributed by atoms with van der Waals surface area (Å²) >= 11 is 0. The molecule has 2 atom stereocenters. The van der Waals surface area contributed by atoms with Crippen molar-refractivity contribution in [3.05, 3.63) is 94.3 Å². The van der Waals surface area contributed by atoms with E-state index in [9.17, 15) is 4.79 Å². The lowest BCUT2D eigenvalue weighted by Crippen LogP contribution is -2.30. The Hall–Kier alpha value is -3.18. The molecule has 0 aliphatic carbocycles. The molecule has 1 saturated heterocycles. The molecule has 1 unspecified atom stereocenters. The summed E-state index contributed by atoms with van der Waals surface area (Å²) in [5.41, 5.74) is 7.03. The zero-order valence-electron chi connectivity index (χ0n) is 18.3.